The molecule has 0 aliphatic carbocycles. The van der Waals surface area contributed by atoms with Gasteiger partial charge in [0.05, 0.1) is 21.4 Å². The summed E-state index contributed by atoms with van der Waals surface area (Å²) in [5.41, 5.74) is 7.46. The number of hydrogen-bond donors (Lipinski definition) is 1. The number of nitrogens with two attached hydrogens (primary N) is 1. The lowest BCUT2D eigenvalue weighted by Crippen LogP contribution is -2.01. The minimum absolute atomic E-state index is 0.436. The zero-order valence-electron chi connectivity index (χ0n) is 8.84. The van der Waals surface area contributed by atoms with Crippen molar-refractivity contribution in [1.82, 2.24) is 4.98 Å². The minimum Gasteiger partial charge on any atom is -0.398 e. The van der Waals surface area contributed by atoms with E-state index in [1.165, 1.54) is 11.3 Å². The van der Waals surface area contributed by atoms with Gasteiger partial charge in [-0.15, -0.1) is 11.3 Å². The normalized spacial score (nSPS) is 12.6. The van der Waals surface area contributed by atoms with E-state index in [-0.39, 0.29) is 0 Å². The molecule has 0 spiro atoms. The van der Waals surface area contributed by atoms with E-state index in [4.69, 9.17) is 5.73 Å². The van der Waals surface area contributed by atoms with Crippen molar-refractivity contribution in [3.8, 4) is 0 Å². The first-order valence-corrected chi connectivity index (χ1v) is 6.99. The molecule has 1 aromatic carbocycles. The molecule has 1 unspecified atom stereocenters. The third-order valence-corrected chi connectivity index (χ3v) is 4.49. The molecular formula is C11H12N2OS2. The summed E-state index contributed by atoms with van der Waals surface area (Å²) in [5.74, 6) is 0.436. The molecule has 2 rings (SSSR count). The molecule has 2 N–H and O–H groups in total. The smallest absolute Gasteiger partial charge is 0.105 e. The van der Waals surface area contributed by atoms with Crippen LogP contribution in [-0.2, 0) is 16.6 Å². The summed E-state index contributed by atoms with van der Waals surface area (Å²) in [5, 5.41) is 2.76. The second-order valence-electron chi connectivity index (χ2n) is 3.46. The summed E-state index contributed by atoms with van der Waals surface area (Å²) >= 11 is 1.51. The Morgan fingerprint density at radius 3 is 3.00 bits per heavy atom. The molecule has 5 heteroatoms. The van der Waals surface area contributed by atoms with Crippen LogP contribution in [0.1, 0.15) is 10.6 Å². The van der Waals surface area contributed by atoms with Crippen LogP contribution in [0.3, 0.4) is 0 Å². The number of hydrogen-bond acceptors (Lipinski definition) is 4. The Kier molecular flexibility index (Phi) is 3.36. The second kappa shape index (κ2) is 4.76. The molecule has 3 nitrogen and oxygen atoms in total. The second-order valence-corrected chi connectivity index (χ2v) is 5.86. The van der Waals surface area contributed by atoms with Crippen LogP contribution in [0, 0.1) is 6.92 Å². The predicted molar refractivity (Wildman–Crippen MR) is 67.8 cm³/mol. The van der Waals surface area contributed by atoms with E-state index < -0.39 is 10.8 Å². The third kappa shape index (κ3) is 2.48. The molecule has 0 aliphatic rings. The van der Waals surface area contributed by atoms with Gasteiger partial charge in [-0.25, -0.2) is 4.98 Å². The van der Waals surface area contributed by atoms with Gasteiger partial charge in [-0.05, 0) is 24.6 Å². The zero-order valence-corrected chi connectivity index (χ0v) is 10.5. The number of nitrogen functional groups attached to an aromatic ring is 1. The average Bonchev–Trinajstić information content (AvgIpc) is 2.74. The molecule has 0 fully saturated rings. The monoisotopic (exact) mass is 252 g/mol. The fraction of sp³-hybridized carbons (Fsp3) is 0.182. The number of thiazole rings is 1. The lowest BCUT2D eigenvalue weighted by atomic mass is 10.2. The maximum atomic E-state index is 12.1. The Labute approximate surface area is 101 Å². The highest BCUT2D eigenvalue weighted by atomic mass is 32.2. The van der Waals surface area contributed by atoms with Crippen LogP contribution in [0.15, 0.2) is 34.7 Å². The largest absolute Gasteiger partial charge is 0.398 e. The van der Waals surface area contributed by atoms with Crippen molar-refractivity contribution in [3.05, 3.63) is 40.3 Å². The van der Waals surface area contributed by atoms with Gasteiger partial charge >= 0.3 is 0 Å². The van der Waals surface area contributed by atoms with Gasteiger partial charge in [-0.1, -0.05) is 6.07 Å². The molecule has 0 radical (unpaired) electrons. The first-order chi connectivity index (χ1) is 7.66. The van der Waals surface area contributed by atoms with Gasteiger partial charge in [0.1, 0.15) is 5.01 Å². The van der Waals surface area contributed by atoms with Crippen molar-refractivity contribution in [2.24, 2.45) is 0 Å². The van der Waals surface area contributed by atoms with Gasteiger partial charge in [0.15, 0.2) is 0 Å². The van der Waals surface area contributed by atoms with E-state index in [1.807, 2.05) is 24.4 Å². The fourth-order valence-electron chi connectivity index (χ4n) is 1.35. The molecule has 84 valence electrons. The summed E-state index contributed by atoms with van der Waals surface area (Å²) in [6.07, 6.45) is 1.72. The maximum Gasteiger partial charge on any atom is 0.105 e. The van der Waals surface area contributed by atoms with Crippen molar-refractivity contribution in [2.45, 2.75) is 17.6 Å². The van der Waals surface area contributed by atoms with Crippen LogP contribution in [0.25, 0.3) is 0 Å². The highest BCUT2D eigenvalue weighted by Crippen LogP contribution is 2.21. The Hall–Kier alpha value is -1.20. The van der Waals surface area contributed by atoms with Crippen LogP contribution >= 0.6 is 11.3 Å². The van der Waals surface area contributed by atoms with Crippen molar-refractivity contribution < 1.29 is 4.21 Å². The van der Waals surface area contributed by atoms with Gasteiger partial charge < -0.3 is 5.73 Å². The lowest BCUT2D eigenvalue weighted by molar-refractivity contribution is 0.682. The van der Waals surface area contributed by atoms with Crippen LogP contribution < -0.4 is 5.73 Å². The summed E-state index contributed by atoms with van der Waals surface area (Å²) < 4.78 is 12.1. The van der Waals surface area contributed by atoms with E-state index in [0.717, 1.165) is 10.6 Å². The van der Waals surface area contributed by atoms with Crippen LogP contribution in [0.4, 0.5) is 5.69 Å². The molecule has 1 aromatic heterocycles. The molecule has 0 saturated carbocycles. The van der Waals surface area contributed by atoms with Gasteiger partial charge in [-0.3, -0.25) is 4.21 Å². The zero-order chi connectivity index (χ0) is 11.5. The van der Waals surface area contributed by atoms with Crippen molar-refractivity contribution in [2.75, 3.05) is 5.73 Å². The van der Waals surface area contributed by atoms with E-state index in [0.29, 0.717) is 16.3 Å². The predicted octanol–water partition coefficient (Wildman–Crippen LogP) is 2.34. The molecule has 2 aromatic rings. The standard InChI is InChI=1S/C11H12N2OS2/c1-8-2-3-9(12)10(6-8)16(14)7-11-13-4-5-15-11/h2-6H,7,12H2,1H3. The number of rotatable bonds is 3. The summed E-state index contributed by atoms with van der Waals surface area (Å²) in [4.78, 5) is 4.82. The lowest BCUT2D eigenvalue weighted by Gasteiger charge is -2.05. The first-order valence-electron chi connectivity index (χ1n) is 4.79. The van der Waals surface area contributed by atoms with E-state index in [1.54, 1.807) is 12.3 Å². The molecule has 0 bridgehead atoms. The maximum absolute atomic E-state index is 12.1. The first kappa shape index (κ1) is 11.3. The Balaban J connectivity index is 2.24. The highest BCUT2D eigenvalue weighted by Gasteiger charge is 2.10. The molecule has 0 amide bonds. The molecule has 0 aliphatic heterocycles. The SMILES string of the molecule is Cc1ccc(N)c(S(=O)Cc2nccs2)c1. The molecule has 16 heavy (non-hydrogen) atoms. The number of aromatic nitrogens is 1. The van der Waals surface area contributed by atoms with Crippen LogP contribution in [0.2, 0.25) is 0 Å². The Morgan fingerprint density at radius 1 is 1.50 bits per heavy atom. The van der Waals surface area contributed by atoms with Crippen LogP contribution in [-0.4, -0.2) is 9.19 Å². The van der Waals surface area contributed by atoms with E-state index in [2.05, 4.69) is 4.98 Å². The number of nitrogens with zero attached hydrogens (tertiary/aromatic N) is 1. The van der Waals surface area contributed by atoms with Crippen molar-refractivity contribution >= 4 is 27.8 Å². The van der Waals surface area contributed by atoms with Gasteiger partial charge in [0, 0.05) is 17.3 Å². The quantitative estimate of drug-likeness (QED) is 0.853. The summed E-state index contributed by atoms with van der Waals surface area (Å²) in [6.45, 7) is 1.96. The Morgan fingerprint density at radius 2 is 2.31 bits per heavy atom. The van der Waals surface area contributed by atoms with E-state index >= 15 is 0 Å². The Bertz CT molecular complexity index is 509. The highest BCUT2D eigenvalue weighted by molar-refractivity contribution is 7.84. The van der Waals surface area contributed by atoms with Crippen LogP contribution in [0.5, 0.6) is 0 Å². The fourth-order valence-corrected chi connectivity index (χ4v) is 3.45. The van der Waals surface area contributed by atoms with Gasteiger partial charge in [0.25, 0.3) is 0 Å². The minimum atomic E-state index is -1.11. The number of anilines is 1. The van der Waals surface area contributed by atoms with Crippen molar-refractivity contribution in [3.63, 3.8) is 0 Å². The summed E-state index contributed by atoms with van der Waals surface area (Å²) in [6, 6.07) is 5.59. The molecule has 1 heterocycles. The number of benzene rings is 1. The van der Waals surface area contributed by atoms with Gasteiger partial charge in [-0.2, -0.15) is 0 Å². The molecule has 1 atom stereocenters. The molecule has 0 saturated heterocycles. The summed E-state index contributed by atoms with van der Waals surface area (Å²) in [7, 11) is -1.11. The topological polar surface area (TPSA) is 56.0 Å². The van der Waals surface area contributed by atoms with E-state index in [9.17, 15) is 4.21 Å². The third-order valence-electron chi connectivity index (χ3n) is 2.15. The average molecular weight is 252 g/mol. The number of aryl methyl sites for hydroxylation is 1. The molecular weight excluding hydrogens is 240 g/mol. The van der Waals surface area contributed by atoms with Gasteiger partial charge in [0.2, 0.25) is 0 Å². The van der Waals surface area contributed by atoms with Crippen molar-refractivity contribution in [1.29, 1.82) is 0 Å².